The Morgan fingerprint density at radius 1 is 1.47 bits per heavy atom. The quantitative estimate of drug-likeness (QED) is 0.833. The summed E-state index contributed by atoms with van der Waals surface area (Å²) in [6.45, 7) is 1.44. The smallest absolute Gasteiger partial charge is 0.223 e. The number of hydrogen-bond acceptors (Lipinski definition) is 3. The van der Waals surface area contributed by atoms with E-state index in [2.05, 4.69) is 21.2 Å². The van der Waals surface area contributed by atoms with E-state index in [0.717, 1.165) is 29.7 Å². The van der Waals surface area contributed by atoms with Gasteiger partial charge in [-0.1, -0.05) is 6.07 Å². The summed E-state index contributed by atoms with van der Waals surface area (Å²) >= 11 is 3.46. The van der Waals surface area contributed by atoms with Crippen molar-refractivity contribution in [3.8, 4) is 5.75 Å². The second kappa shape index (κ2) is 8.17. The number of carbonyl (C=O) groups excluding carboxylic acids is 1. The molecule has 0 aromatic heterocycles. The van der Waals surface area contributed by atoms with Crippen molar-refractivity contribution in [1.29, 1.82) is 0 Å². The van der Waals surface area contributed by atoms with Gasteiger partial charge >= 0.3 is 0 Å². The molecule has 1 aromatic carbocycles. The Kier molecular flexibility index (Phi) is 6.87. The average molecular weight is 329 g/mol. The summed E-state index contributed by atoms with van der Waals surface area (Å²) in [4.78, 5) is 13.5. The standard InChI is InChI=1S/C14H21BrN2O2/c1-16-8-6-14(18)17(2)9-7-11-4-5-13(19-3)12(15)10-11/h4-5,10,16H,6-9H2,1-3H3. The average Bonchev–Trinajstić information content (AvgIpc) is 2.42. The molecule has 5 heteroatoms. The van der Waals surface area contributed by atoms with Crippen LogP contribution in [0.4, 0.5) is 0 Å². The molecule has 0 spiro atoms. The van der Waals surface area contributed by atoms with Crippen LogP contribution in [0.5, 0.6) is 5.75 Å². The number of rotatable bonds is 7. The second-order valence-electron chi connectivity index (χ2n) is 4.39. The van der Waals surface area contributed by atoms with Crippen LogP contribution in [0.15, 0.2) is 22.7 Å². The van der Waals surface area contributed by atoms with Crippen LogP contribution in [0.3, 0.4) is 0 Å². The van der Waals surface area contributed by atoms with Crippen LogP contribution in [0, 0.1) is 0 Å². The molecule has 0 fully saturated rings. The van der Waals surface area contributed by atoms with Crippen molar-refractivity contribution in [2.75, 3.05) is 34.3 Å². The number of nitrogens with one attached hydrogen (secondary N) is 1. The van der Waals surface area contributed by atoms with E-state index in [4.69, 9.17) is 4.74 Å². The predicted octanol–water partition coefficient (Wildman–Crippen LogP) is 2.07. The van der Waals surface area contributed by atoms with Crippen molar-refractivity contribution in [2.24, 2.45) is 0 Å². The predicted molar refractivity (Wildman–Crippen MR) is 80.6 cm³/mol. The van der Waals surface area contributed by atoms with E-state index in [9.17, 15) is 4.79 Å². The first kappa shape index (κ1) is 16.0. The lowest BCUT2D eigenvalue weighted by Crippen LogP contribution is -2.30. The Labute approximate surface area is 123 Å². The Balaban J connectivity index is 2.48. The number of carbonyl (C=O) groups is 1. The monoisotopic (exact) mass is 328 g/mol. The van der Waals surface area contributed by atoms with Gasteiger partial charge < -0.3 is 15.0 Å². The topological polar surface area (TPSA) is 41.6 Å². The van der Waals surface area contributed by atoms with E-state index < -0.39 is 0 Å². The molecule has 1 rings (SSSR count). The summed E-state index contributed by atoms with van der Waals surface area (Å²) in [7, 11) is 5.34. The molecule has 0 saturated carbocycles. The van der Waals surface area contributed by atoms with Gasteiger partial charge in [0.1, 0.15) is 5.75 Å². The highest BCUT2D eigenvalue weighted by Gasteiger charge is 2.08. The van der Waals surface area contributed by atoms with Crippen LogP contribution in [0.2, 0.25) is 0 Å². The van der Waals surface area contributed by atoms with Crippen molar-refractivity contribution in [1.82, 2.24) is 10.2 Å². The number of hydrogen-bond donors (Lipinski definition) is 1. The van der Waals surface area contributed by atoms with Crippen LogP contribution >= 0.6 is 15.9 Å². The molecule has 0 radical (unpaired) electrons. The summed E-state index contributed by atoms with van der Waals surface area (Å²) < 4.78 is 6.13. The van der Waals surface area contributed by atoms with E-state index in [-0.39, 0.29) is 5.91 Å². The van der Waals surface area contributed by atoms with Crippen molar-refractivity contribution in [3.05, 3.63) is 28.2 Å². The minimum absolute atomic E-state index is 0.168. The summed E-state index contributed by atoms with van der Waals surface area (Å²) in [6.07, 6.45) is 1.38. The maximum atomic E-state index is 11.7. The van der Waals surface area contributed by atoms with Gasteiger partial charge in [0.05, 0.1) is 11.6 Å². The van der Waals surface area contributed by atoms with Gasteiger partial charge in [-0.15, -0.1) is 0 Å². The van der Waals surface area contributed by atoms with Crippen molar-refractivity contribution < 1.29 is 9.53 Å². The molecule has 1 amide bonds. The lowest BCUT2D eigenvalue weighted by molar-refractivity contribution is -0.129. The maximum absolute atomic E-state index is 11.7. The van der Waals surface area contributed by atoms with Crippen LogP contribution in [-0.2, 0) is 11.2 Å². The summed E-state index contributed by atoms with van der Waals surface area (Å²) in [5.74, 6) is 0.990. The van der Waals surface area contributed by atoms with Crippen molar-refractivity contribution >= 4 is 21.8 Å². The number of nitrogens with zero attached hydrogens (tertiary/aromatic N) is 1. The number of amides is 1. The third-order valence-corrected chi connectivity index (χ3v) is 3.59. The molecule has 1 aromatic rings. The van der Waals surface area contributed by atoms with E-state index in [1.165, 1.54) is 5.56 Å². The summed E-state index contributed by atoms with van der Waals surface area (Å²) in [6, 6.07) is 5.99. The Bertz CT molecular complexity index is 424. The zero-order valence-electron chi connectivity index (χ0n) is 11.7. The number of benzene rings is 1. The van der Waals surface area contributed by atoms with Crippen LogP contribution in [-0.4, -0.2) is 45.1 Å². The molecule has 1 N–H and O–H groups in total. The normalized spacial score (nSPS) is 10.3. The molecule has 4 nitrogen and oxygen atoms in total. The molecule has 0 heterocycles. The zero-order valence-corrected chi connectivity index (χ0v) is 13.3. The highest BCUT2D eigenvalue weighted by atomic mass is 79.9. The molecule has 106 valence electrons. The van der Waals surface area contributed by atoms with Crippen molar-refractivity contribution in [2.45, 2.75) is 12.8 Å². The first-order chi connectivity index (χ1) is 9.08. The molecule has 0 aliphatic carbocycles. The fourth-order valence-electron chi connectivity index (χ4n) is 1.71. The largest absolute Gasteiger partial charge is 0.496 e. The first-order valence-electron chi connectivity index (χ1n) is 6.29. The van der Waals surface area contributed by atoms with Crippen LogP contribution in [0.1, 0.15) is 12.0 Å². The fourth-order valence-corrected chi connectivity index (χ4v) is 2.30. The molecule has 0 aliphatic rings. The molecular formula is C14H21BrN2O2. The molecule has 0 atom stereocenters. The lowest BCUT2D eigenvalue weighted by Gasteiger charge is -2.17. The highest BCUT2D eigenvalue weighted by Crippen LogP contribution is 2.25. The fraction of sp³-hybridized carbons (Fsp3) is 0.500. The van der Waals surface area contributed by atoms with Crippen LogP contribution < -0.4 is 10.1 Å². The van der Waals surface area contributed by atoms with Gasteiger partial charge in [0.25, 0.3) is 0 Å². The molecular weight excluding hydrogens is 308 g/mol. The van der Waals surface area contributed by atoms with E-state index in [1.807, 2.05) is 32.3 Å². The Morgan fingerprint density at radius 3 is 2.79 bits per heavy atom. The number of halogens is 1. The molecule has 0 aliphatic heterocycles. The van der Waals surface area contributed by atoms with Crippen molar-refractivity contribution in [3.63, 3.8) is 0 Å². The maximum Gasteiger partial charge on any atom is 0.223 e. The Hall–Kier alpha value is -1.07. The summed E-state index contributed by atoms with van der Waals surface area (Å²) in [5, 5.41) is 2.98. The van der Waals surface area contributed by atoms with Gasteiger partial charge in [0.2, 0.25) is 5.91 Å². The Morgan fingerprint density at radius 2 is 2.21 bits per heavy atom. The number of likely N-dealkylation sites (N-methyl/N-ethyl adjacent to an activating group) is 1. The van der Waals surface area contributed by atoms with Gasteiger partial charge in [0, 0.05) is 26.6 Å². The molecule has 0 unspecified atom stereocenters. The minimum Gasteiger partial charge on any atom is -0.496 e. The van der Waals surface area contributed by atoms with Gasteiger partial charge in [-0.3, -0.25) is 4.79 Å². The molecule has 0 bridgehead atoms. The lowest BCUT2D eigenvalue weighted by atomic mass is 10.1. The van der Waals surface area contributed by atoms with Crippen LogP contribution in [0.25, 0.3) is 0 Å². The SMILES string of the molecule is CNCCC(=O)N(C)CCc1ccc(OC)c(Br)c1. The second-order valence-corrected chi connectivity index (χ2v) is 5.24. The summed E-state index contributed by atoms with van der Waals surface area (Å²) in [5.41, 5.74) is 1.18. The van der Waals surface area contributed by atoms with Gasteiger partial charge in [-0.05, 0) is 47.1 Å². The number of methoxy groups -OCH3 is 1. The number of ether oxygens (including phenoxy) is 1. The van der Waals surface area contributed by atoms with E-state index in [0.29, 0.717) is 6.42 Å². The highest BCUT2D eigenvalue weighted by molar-refractivity contribution is 9.10. The van der Waals surface area contributed by atoms with E-state index >= 15 is 0 Å². The van der Waals surface area contributed by atoms with Gasteiger partial charge in [-0.25, -0.2) is 0 Å². The third-order valence-electron chi connectivity index (χ3n) is 2.97. The zero-order chi connectivity index (χ0) is 14.3. The van der Waals surface area contributed by atoms with E-state index in [1.54, 1.807) is 12.0 Å². The minimum atomic E-state index is 0.168. The van der Waals surface area contributed by atoms with Gasteiger partial charge in [0.15, 0.2) is 0 Å². The molecule has 19 heavy (non-hydrogen) atoms. The third kappa shape index (κ3) is 5.20. The van der Waals surface area contributed by atoms with Gasteiger partial charge in [-0.2, -0.15) is 0 Å². The first-order valence-corrected chi connectivity index (χ1v) is 7.08. The molecule has 0 saturated heterocycles.